The van der Waals surface area contributed by atoms with Crippen molar-refractivity contribution in [3.8, 4) is 0 Å². The molecule has 0 radical (unpaired) electrons. The SMILES string of the molecule is O=C(c1ccc(Cl)cc1)N(c1ccccc1F)C1CCS(=O)(=O)C1. The molecule has 1 heterocycles. The molecule has 4 nitrogen and oxygen atoms in total. The van der Waals surface area contributed by atoms with Crippen LogP contribution in [0.4, 0.5) is 10.1 Å². The number of carbonyl (C=O) groups is 1. The Hall–Kier alpha value is -1.92. The Morgan fingerprint density at radius 1 is 1.12 bits per heavy atom. The summed E-state index contributed by atoms with van der Waals surface area (Å²) in [6.07, 6.45) is 0.288. The Morgan fingerprint density at radius 2 is 1.79 bits per heavy atom. The molecule has 2 aromatic rings. The van der Waals surface area contributed by atoms with E-state index in [0.717, 1.165) is 0 Å². The monoisotopic (exact) mass is 367 g/mol. The lowest BCUT2D eigenvalue weighted by Crippen LogP contribution is -2.42. The number of anilines is 1. The number of benzene rings is 2. The molecule has 126 valence electrons. The van der Waals surface area contributed by atoms with Crippen LogP contribution in [0.15, 0.2) is 48.5 Å². The lowest BCUT2D eigenvalue weighted by atomic mass is 10.1. The number of amides is 1. The van der Waals surface area contributed by atoms with Crippen LogP contribution in [0.1, 0.15) is 16.8 Å². The van der Waals surface area contributed by atoms with Gasteiger partial charge >= 0.3 is 0 Å². The highest BCUT2D eigenvalue weighted by Gasteiger charge is 2.36. The van der Waals surface area contributed by atoms with Gasteiger partial charge in [0.05, 0.1) is 23.2 Å². The zero-order valence-corrected chi connectivity index (χ0v) is 14.2. The van der Waals surface area contributed by atoms with Gasteiger partial charge < -0.3 is 4.90 Å². The van der Waals surface area contributed by atoms with Gasteiger partial charge in [0.25, 0.3) is 5.91 Å². The fraction of sp³-hybridized carbons (Fsp3) is 0.235. The number of halogens is 2. The average molecular weight is 368 g/mol. The van der Waals surface area contributed by atoms with Crippen molar-refractivity contribution in [3.05, 3.63) is 64.9 Å². The summed E-state index contributed by atoms with van der Waals surface area (Å²) in [4.78, 5) is 14.2. The van der Waals surface area contributed by atoms with Gasteiger partial charge in [-0.05, 0) is 42.8 Å². The second-order valence-electron chi connectivity index (χ2n) is 5.69. The van der Waals surface area contributed by atoms with Gasteiger partial charge in [0.1, 0.15) is 5.82 Å². The quantitative estimate of drug-likeness (QED) is 0.836. The van der Waals surface area contributed by atoms with Crippen LogP contribution >= 0.6 is 11.6 Å². The van der Waals surface area contributed by atoms with E-state index in [1.54, 1.807) is 30.3 Å². The summed E-state index contributed by atoms with van der Waals surface area (Å²) in [5.41, 5.74) is 0.409. The van der Waals surface area contributed by atoms with Gasteiger partial charge in [-0.1, -0.05) is 23.7 Å². The highest BCUT2D eigenvalue weighted by Crippen LogP contribution is 2.28. The van der Waals surface area contributed by atoms with Crippen molar-refractivity contribution in [1.29, 1.82) is 0 Å². The third-order valence-corrected chi connectivity index (χ3v) is 6.00. The van der Waals surface area contributed by atoms with E-state index in [1.807, 2.05) is 0 Å². The molecule has 0 N–H and O–H groups in total. The molecule has 1 unspecified atom stereocenters. The van der Waals surface area contributed by atoms with E-state index in [2.05, 4.69) is 0 Å². The molecule has 1 fully saturated rings. The number of hydrogen-bond donors (Lipinski definition) is 0. The Morgan fingerprint density at radius 3 is 2.38 bits per heavy atom. The Bertz CT molecular complexity index is 868. The van der Waals surface area contributed by atoms with E-state index >= 15 is 0 Å². The highest BCUT2D eigenvalue weighted by atomic mass is 35.5. The summed E-state index contributed by atoms with van der Waals surface area (Å²) >= 11 is 5.84. The summed E-state index contributed by atoms with van der Waals surface area (Å²) in [6.45, 7) is 0. The Kier molecular flexibility index (Phi) is 4.60. The molecule has 0 saturated carbocycles. The summed E-state index contributed by atoms with van der Waals surface area (Å²) < 4.78 is 37.9. The molecule has 0 aromatic heterocycles. The first-order valence-corrected chi connectivity index (χ1v) is 9.61. The van der Waals surface area contributed by atoms with Crippen LogP contribution in [0.25, 0.3) is 0 Å². The minimum absolute atomic E-state index is 0.00346. The largest absolute Gasteiger partial charge is 0.301 e. The molecule has 1 aliphatic rings. The van der Waals surface area contributed by atoms with Crippen molar-refractivity contribution in [3.63, 3.8) is 0 Å². The predicted molar refractivity (Wildman–Crippen MR) is 91.7 cm³/mol. The molecule has 0 spiro atoms. The number of carbonyl (C=O) groups excluding carboxylic acids is 1. The minimum Gasteiger partial charge on any atom is -0.301 e. The third kappa shape index (κ3) is 3.44. The lowest BCUT2D eigenvalue weighted by molar-refractivity contribution is 0.0978. The van der Waals surface area contributed by atoms with Gasteiger partial charge in [0.15, 0.2) is 9.84 Å². The highest BCUT2D eigenvalue weighted by molar-refractivity contribution is 7.91. The van der Waals surface area contributed by atoms with Crippen molar-refractivity contribution < 1.29 is 17.6 Å². The number of nitrogens with zero attached hydrogens (tertiary/aromatic N) is 1. The van der Waals surface area contributed by atoms with Crippen LogP contribution in [-0.2, 0) is 9.84 Å². The van der Waals surface area contributed by atoms with Crippen molar-refractivity contribution in [2.24, 2.45) is 0 Å². The standard InChI is InChI=1S/C17H15ClFNO3S/c18-13-7-5-12(6-8-13)17(21)20(14-9-10-24(22,23)11-14)16-4-2-1-3-15(16)19/h1-8,14H,9-11H2. The van der Waals surface area contributed by atoms with Crippen molar-refractivity contribution >= 4 is 33.0 Å². The van der Waals surface area contributed by atoms with Gasteiger partial charge in [-0.3, -0.25) is 4.79 Å². The third-order valence-electron chi connectivity index (χ3n) is 4.00. The predicted octanol–water partition coefficient (Wildman–Crippen LogP) is 3.31. The van der Waals surface area contributed by atoms with Crippen molar-refractivity contribution in [2.75, 3.05) is 16.4 Å². The first kappa shape index (κ1) is 16.9. The van der Waals surface area contributed by atoms with Gasteiger partial charge in [-0.15, -0.1) is 0 Å². The first-order valence-electron chi connectivity index (χ1n) is 7.41. The molecule has 7 heteroatoms. The topological polar surface area (TPSA) is 54.5 Å². The first-order chi connectivity index (χ1) is 11.4. The lowest BCUT2D eigenvalue weighted by Gasteiger charge is -2.28. The fourth-order valence-corrected chi connectivity index (χ4v) is 4.66. The minimum atomic E-state index is -3.22. The zero-order valence-electron chi connectivity index (χ0n) is 12.7. The molecule has 1 amide bonds. The number of hydrogen-bond acceptors (Lipinski definition) is 3. The van der Waals surface area contributed by atoms with Crippen LogP contribution in [0.3, 0.4) is 0 Å². The van der Waals surface area contributed by atoms with Crippen LogP contribution in [0.5, 0.6) is 0 Å². The molecule has 1 saturated heterocycles. The Labute approximate surface area is 144 Å². The van der Waals surface area contributed by atoms with Gasteiger partial charge in [-0.2, -0.15) is 0 Å². The molecule has 3 rings (SSSR count). The van der Waals surface area contributed by atoms with Crippen molar-refractivity contribution in [2.45, 2.75) is 12.5 Å². The summed E-state index contributed by atoms with van der Waals surface area (Å²) in [5, 5.41) is 0.479. The molecular weight excluding hydrogens is 353 g/mol. The second-order valence-corrected chi connectivity index (χ2v) is 8.36. The van der Waals surface area contributed by atoms with Gasteiger partial charge in [0, 0.05) is 10.6 Å². The summed E-state index contributed by atoms with van der Waals surface area (Å²) in [5.74, 6) is -1.18. The molecule has 1 aliphatic heterocycles. The van der Waals surface area contributed by atoms with E-state index in [1.165, 1.54) is 23.1 Å². The molecule has 0 bridgehead atoms. The second kappa shape index (κ2) is 6.53. The summed E-state index contributed by atoms with van der Waals surface area (Å²) in [6, 6.07) is 11.5. The van der Waals surface area contributed by atoms with E-state index in [0.29, 0.717) is 10.6 Å². The van der Waals surface area contributed by atoms with Gasteiger partial charge in [-0.25, -0.2) is 12.8 Å². The normalized spacial score (nSPS) is 19.2. The van der Waals surface area contributed by atoms with Crippen LogP contribution in [0.2, 0.25) is 5.02 Å². The van der Waals surface area contributed by atoms with Crippen LogP contribution in [0, 0.1) is 5.82 Å². The maximum absolute atomic E-state index is 14.3. The smallest absolute Gasteiger partial charge is 0.258 e. The van der Waals surface area contributed by atoms with E-state index < -0.39 is 27.6 Å². The Balaban J connectivity index is 2.03. The molecule has 1 atom stereocenters. The van der Waals surface area contributed by atoms with E-state index in [-0.39, 0.29) is 23.6 Å². The number of para-hydroxylation sites is 1. The zero-order chi connectivity index (χ0) is 17.3. The van der Waals surface area contributed by atoms with E-state index in [9.17, 15) is 17.6 Å². The molecule has 0 aliphatic carbocycles. The van der Waals surface area contributed by atoms with Crippen LogP contribution in [-0.4, -0.2) is 31.9 Å². The maximum atomic E-state index is 14.3. The van der Waals surface area contributed by atoms with Crippen LogP contribution < -0.4 is 4.90 Å². The number of rotatable bonds is 3. The molecule has 2 aromatic carbocycles. The molecule has 24 heavy (non-hydrogen) atoms. The average Bonchev–Trinajstić information content (AvgIpc) is 2.90. The summed E-state index contributed by atoms with van der Waals surface area (Å²) in [7, 11) is -3.22. The number of sulfone groups is 1. The van der Waals surface area contributed by atoms with Crippen molar-refractivity contribution in [1.82, 2.24) is 0 Å². The molecular formula is C17H15ClFNO3S. The maximum Gasteiger partial charge on any atom is 0.258 e. The fourth-order valence-electron chi connectivity index (χ4n) is 2.83. The van der Waals surface area contributed by atoms with Gasteiger partial charge in [0.2, 0.25) is 0 Å². The van der Waals surface area contributed by atoms with E-state index in [4.69, 9.17) is 11.6 Å².